The maximum Gasteiger partial charge on any atom is 0.232 e. The number of fused-ring (bicyclic) bond motifs is 1. The molecule has 1 aliphatic heterocycles. The largest absolute Gasteiger partial charge is 0.489 e. The van der Waals surface area contributed by atoms with Crippen LogP contribution in [0.15, 0.2) is 60.4 Å². The van der Waals surface area contributed by atoms with Crippen molar-refractivity contribution in [3.63, 3.8) is 0 Å². The number of benzene rings is 3. The monoisotopic (exact) mass is 408 g/mol. The van der Waals surface area contributed by atoms with Crippen molar-refractivity contribution in [3.8, 4) is 11.5 Å². The second-order valence-electron chi connectivity index (χ2n) is 6.96. The molecule has 3 nitrogen and oxygen atoms in total. The third-order valence-corrected chi connectivity index (χ3v) is 5.08. The fraction of sp³-hybridized carbons (Fsp3) is 0.125. The van der Waals surface area contributed by atoms with Crippen LogP contribution in [0, 0.1) is 19.7 Å². The molecule has 0 bridgehead atoms. The highest BCUT2D eigenvalue weighted by molar-refractivity contribution is 6.31. The number of allylic oxidation sites excluding steroid dienone is 1. The molecule has 0 N–H and O–H groups in total. The zero-order chi connectivity index (χ0) is 20.5. The van der Waals surface area contributed by atoms with Crippen molar-refractivity contribution >= 4 is 23.5 Å². The Balaban J connectivity index is 1.59. The van der Waals surface area contributed by atoms with E-state index >= 15 is 0 Å². The van der Waals surface area contributed by atoms with Crippen LogP contribution in [0.3, 0.4) is 0 Å². The van der Waals surface area contributed by atoms with Crippen molar-refractivity contribution in [1.29, 1.82) is 0 Å². The van der Waals surface area contributed by atoms with E-state index in [-0.39, 0.29) is 23.7 Å². The predicted molar refractivity (Wildman–Crippen MR) is 111 cm³/mol. The molecule has 4 rings (SSSR count). The molecular weight excluding hydrogens is 391 g/mol. The van der Waals surface area contributed by atoms with E-state index in [1.807, 2.05) is 38.1 Å². The second kappa shape index (κ2) is 7.72. The summed E-state index contributed by atoms with van der Waals surface area (Å²) >= 11 is 6.05. The summed E-state index contributed by atoms with van der Waals surface area (Å²) in [6.07, 6.45) is 1.73. The lowest BCUT2D eigenvalue weighted by molar-refractivity contribution is 0.101. The van der Waals surface area contributed by atoms with Crippen LogP contribution in [0.2, 0.25) is 5.02 Å². The molecule has 146 valence electrons. The van der Waals surface area contributed by atoms with Gasteiger partial charge in [-0.05, 0) is 49.2 Å². The molecule has 0 saturated heterocycles. The number of hydrogen-bond acceptors (Lipinski definition) is 3. The number of carbonyl (C=O) groups is 1. The zero-order valence-electron chi connectivity index (χ0n) is 16.0. The van der Waals surface area contributed by atoms with Crippen molar-refractivity contribution in [2.24, 2.45) is 0 Å². The van der Waals surface area contributed by atoms with Crippen LogP contribution < -0.4 is 9.47 Å². The molecule has 0 atom stereocenters. The minimum Gasteiger partial charge on any atom is -0.489 e. The van der Waals surface area contributed by atoms with Gasteiger partial charge in [0.2, 0.25) is 5.78 Å². The van der Waals surface area contributed by atoms with Crippen molar-refractivity contribution < 1.29 is 18.7 Å². The number of hydrogen-bond donors (Lipinski definition) is 0. The molecule has 0 amide bonds. The molecule has 0 radical (unpaired) electrons. The minimum absolute atomic E-state index is 0.0241. The summed E-state index contributed by atoms with van der Waals surface area (Å²) in [6, 6.07) is 15.7. The molecular formula is C24H18ClFO3. The van der Waals surface area contributed by atoms with E-state index in [1.165, 1.54) is 6.07 Å². The summed E-state index contributed by atoms with van der Waals surface area (Å²) in [5, 5.41) is 0.303. The Bertz CT molecular complexity index is 1130. The number of aryl methyl sites for hydroxylation is 2. The van der Waals surface area contributed by atoms with Gasteiger partial charge >= 0.3 is 0 Å². The maximum atomic E-state index is 13.9. The first-order valence-corrected chi connectivity index (χ1v) is 9.51. The summed E-state index contributed by atoms with van der Waals surface area (Å²) < 4.78 is 25.5. The molecule has 29 heavy (non-hydrogen) atoms. The van der Waals surface area contributed by atoms with Gasteiger partial charge in [0.15, 0.2) is 5.76 Å². The average molecular weight is 409 g/mol. The lowest BCUT2D eigenvalue weighted by Crippen LogP contribution is -2.01. The number of carbonyl (C=O) groups excluding carboxylic acids is 1. The Labute approximate surface area is 173 Å². The number of rotatable bonds is 4. The molecule has 0 fully saturated rings. The maximum absolute atomic E-state index is 13.9. The summed E-state index contributed by atoms with van der Waals surface area (Å²) in [7, 11) is 0. The topological polar surface area (TPSA) is 35.5 Å². The predicted octanol–water partition coefficient (Wildman–Crippen LogP) is 6.29. The fourth-order valence-electron chi connectivity index (χ4n) is 3.30. The van der Waals surface area contributed by atoms with Crippen LogP contribution in [0.4, 0.5) is 4.39 Å². The fourth-order valence-corrected chi connectivity index (χ4v) is 3.52. The standard InChI is InChI=1S/C24H18ClFO3/c1-14-5-3-6-16(9-14)11-22-24(27)23-15(2)10-17(12-21(23)29-22)28-13-18-19(25)7-4-8-20(18)26/h3-12H,13H2,1-2H3/b22-11-. The quantitative estimate of drug-likeness (QED) is 0.476. The van der Waals surface area contributed by atoms with Crippen LogP contribution in [-0.2, 0) is 6.61 Å². The smallest absolute Gasteiger partial charge is 0.232 e. The summed E-state index contributed by atoms with van der Waals surface area (Å²) in [5.74, 6) is 0.588. The van der Waals surface area contributed by atoms with Crippen LogP contribution >= 0.6 is 11.6 Å². The first kappa shape index (κ1) is 19.2. The van der Waals surface area contributed by atoms with Crippen LogP contribution in [-0.4, -0.2) is 5.78 Å². The molecule has 0 aromatic heterocycles. The number of Topliss-reactive ketones (excluding diaryl/α,β-unsaturated/α-hetero) is 1. The van der Waals surface area contributed by atoms with Gasteiger partial charge < -0.3 is 9.47 Å². The van der Waals surface area contributed by atoms with Gasteiger partial charge in [-0.2, -0.15) is 0 Å². The van der Waals surface area contributed by atoms with Crippen molar-refractivity contribution in [2.45, 2.75) is 20.5 Å². The van der Waals surface area contributed by atoms with Crippen molar-refractivity contribution in [3.05, 3.63) is 99.0 Å². The zero-order valence-corrected chi connectivity index (χ0v) is 16.7. The van der Waals surface area contributed by atoms with Gasteiger partial charge in [-0.15, -0.1) is 0 Å². The van der Waals surface area contributed by atoms with Gasteiger partial charge in [0, 0.05) is 11.6 Å². The molecule has 0 aliphatic carbocycles. The summed E-state index contributed by atoms with van der Waals surface area (Å²) in [4.78, 5) is 12.8. The first-order valence-electron chi connectivity index (χ1n) is 9.13. The van der Waals surface area contributed by atoms with Gasteiger partial charge in [-0.1, -0.05) is 47.5 Å². The van der Waals surface area contributed by atoms with E-state index in [9.17, 15) is 9.18 Å². The highest BCUT2D eigenvalue weighted by atomic mass is 35.5. The molecule has 3 aromatic rings. The van der Waals surface area contributed by atoms with Crippen LogP contribution in [0.1, 0.15) is 32.6 Å². The van der Waals surface area contributed by atoms with Gasteiger partial charge in [0.05, 0.1) is 10.6 Å². The van der Waals surface area contributed by atoms with Crippen molar-refractivity contribution in [1.82, 2.24) is 0 Å². The Hall–Kier alpha value is -3.11. The Morgan fingerprint density at radius 1 is 1.10 bits per heavy atom. The van der Waals surface area contributed by atoms with Crippen LogP contribution in [0.5, 0.6) is 11.5 Å². The summed E-state index contributed by atoms with van der Waals surface area (Å²) in [5.41, 5.74) is 3.52. The Morgan fingerprint density at radius 3 is 2.66 bits per heavy atom. The lowest BCUT2D eigenvalue weighted by Gasteiger charge is -2.11. The first-order chi connectivity index (χ1) is 13.9. The summed E-state index contributed by atoms with van der Waals surface area (Å²) in [6.45, 7) is 3.78. The van der Waals surface area contributed by atoms with E-state index in [4.69, 9.17) is 21.1 Å². The third kappa shape index (κ3) is 3.89. The Morgan fingerprint density at radius 2 is 1.90 bits per heavy atom. The highest BCUT2D eigenvalue weighted by Gasteiger charge is 2.30. The van der Waals surface area contributed by atoms with Gasteiger partial charge in [0.25, 0.3) is 0 Å². The van der Waals surface area contributed by atoms with E-state index < -0.39 is 5.82 Å². The van der Waals surface area contributed by atoms with Gasteiger partial charge in [-0.25, -0.2) is 4.39 Å². The molecule has 1 aliphatic rings. The molecule has 0 unspecified atom stereocenters. The number of halogens is 2. The Kier molecular flexibility index (Phi) is 5.12. The van der Waals surface area contributed by atoms with Crippen molar-refractivity contribution in [2.75, 3.05) is 0 Å². The molecule has 0 spiro atoms. The lowest BCUT2D eigenvalue weighted by atomic mass is 10.0. The van der Waals surface area contributed by atoms with Gasteiger partial charge in [-0.3, -0.25) is 4.79 Å². The van der Waals surface area contributed by atoms with E-state index in [1.54, 1.807) is 30.3 Å². The van der Waals surface area contributed by atoms with Gasteiger partial charge in [0.1, 0.15) is 23.9 Å². The molecule has 1 heterocycles. The van der Waals surface area contributed by atoms with Crippen LogP contribution in [0.25, 0.3) is 6.08 Å². The normalized spacial score (nSPS) is 14.1. The van der Waals surface area contributed by atoms with E-state index in [0.29, 0.717) is 22.1 Å². The molecule has 5 heteroatoms. The SMILES string of the molecule is Cc1cccc(/C=C2\Oc3cc(OCc4c(F)cccc4Cl)cc(C)c3C2=O)c1. The highest BCUT2D eigenvalue weighted by Crippen LogP contribution is 2.38. The van der Waals surface area contributed by atoms with E-state index in [0.717, 1.165) is 16.7 Å². The van der Waals surface area contributed by atoms with E-state index in [2.05, 4.69) is 0 Å². The minimum atomic E-state index is -0.426. The number of ketones is 1. The molecule has 3 aromatic carbocycles. The third-order valence-electron chi connectivity index (χ3n) is 4.73. The average Bonchev–Trinajstić information content (AvgIpc) is 2.97. The molecule has 0 saturated carbocycles. The second-order valence-corrected chi connectivity index (χ2v) is 7.36. The number of ether oxygens (including phenoxy) is 2.